The number of benzene rings is 1. The maximum atomic E-state index is 13.1. The first-order valence-electron chi connectivity index (χ1n) is 11.5. The summed E-state index contributed by atoms with van der Waals surface area (Å²) < 4.78 is 0. The van der Waals surface area contributed by atoms with Gasteiger partial charge in [-0.05, 0) is 18.1 Å². The number of hydrogen-bond donors (Lipinski definition) is 9. The molecular formula is C23H30N6O9. The van der Waals surface area contributed by atoms with Gasteiger partial charge in [0.05, 0.1) is 19.1 Å². The van der Waals surface area contributed by atoms with Crippen molar-refractivity contribution in [2.75, 3.05) is 6.61 Å². The minimum absolute atomic E-state index is 0.0770. The van der Waals surface area contributed by atoms with Crippen LogP contribution in [0.1, 0.15) is 24.8 Å². The molecule has 0 unspecified atom stereocenters. The third kappa shape index (κ3) is 8.56. The minimum atomic E-state index is -1.69. The summed E-state index contributed by atoms with van der Waals surface area (Å²) in [6.07, 6.45) is 0.253. The monoisotopic (exact) mass is 534 g/mol. The Balaban J connectivity index is 2.23. The molecule has 0 aliphatic rings. The Labute approximate surface area is 215 Å². The number of carbonyl (C=O) groups excluding carboxylic acids is 4. The predicted octanol–water partition coefficient (Wildman–Crippen LogP) is -2.69. The van der Waals surface area contributed by atoms with Gasteiger partial charge in [-0.25, -0.2) is 4.79 Å². The number of carbonyl (C=O) groups is 6. The lowest BCUT2D eigenvalue weighted by atomic mass is 10.0. The van der Waals surface area contributed by atoms with Crippen molar-refractivity contribution in [3.63, 3.8) is 0 Å². The number of nitrogens with two attached hydrogens (primary N) is 2. The van der Waals surface area contributed by atoms with Crippen LogP contribution in [0.15, 0.2) is 30.5 Å². The number of aliphatic hydroxyl groups excluding tert-OH is 1. The van der Waals surface area contributed by atoms with Crippen molar-refractivity contribution in [3.8, 4) is 0 Å². The van der Waals surface area contributed by atoms with Gasteiger partial charge in [0.2, 0.25) is 23.6 Å². The molecule has 2 rings (SSSR count). The Bertz CT molecular complexity index is 1200. The Kier molecular flexibility index (Phi) is 10.7. The first-order valence-corrected chi connectivity index (χ1v) is 11.5. The van der Waals surface area contributed by atoms with Crippen LogP contribution >= 0.6 is 0 Å². The van der Waals surface area contributed by atoms with Crippen LogP contribution < -0.4 is 27.4 Å². The molecule has 1 aromatic heterocycles. The molecule has 11 N–H and O–H groups in total. The molecule has 4 amide bonds. The van der Waals surface area contributed by atoms with E-state index in [0.717, 1.165) is 10.9 Å². The van der Waals surface area contributed by atoms with Crippen LogP contribution in [0.2, 0.25) is 0 Å². The molecule has 4 atom stereocenters. The summed E-state index contributed by atoms with van der Waals surface area (Å²) >= 11 is 0. The van der Waals surface area contributed by atoms with Gasteiger partial charge < -0.3 is 47.7 Å². The number of primary amides is 1. The van der Waals surface area contributed by atoms with Crippen LogP contribution in [0.3, 0.4) is 0 Å². The molecule has 206 valence electrons. The highest BCUT2D eigenvalue weighted by atomic mass is 16.4. The van der Waals surface area contributed by atoms with Crippen LogP contribution in [0.4, 0.5) is 0 Å². The van der Waals surface area contributed by atoms with Crippen LogP contribution in [0.5, 0.6) is 0 Å². The molecule has 0 fully saturated rings. The van der Waals surface area contributed by atoms with E-state index in [-0.39, 0.29) is 19.3 Å². The molecule has 1 heterocycles. The van der Waals surface area contributed by atoms with E-state index in [9.17, 15) is 39.0 Å². The maximum absolute atomic E-state index is 13.1. The molecule has 38 heavy (non-hydrogen) atoms. The molecule has 0 bridgehead atoms. The highest BCUT2D eigenvalue weighted by molar-refractivity contribution is 5.95. The first-order chi connectivity index (χ1) is 17.9. The molecule has 0 radical (unpaired) electrons. The standard InChI is InChI=1S/C23H30N6O9/c24-13(5-6-19(32)33)20(34)27-15(7-11-9-26-14-4-2-1-3-12(11)14)21(35)29-17(10-30)22(36)28-16(23(37)38)8-18(25)31/h1-4,9,13,15-17,26,30H,5-8,10,24H2,(H2,25,31)(H,27,34)(H,28,36)(H,29,35)(H,32,33)(H,37,38)/t13-,15-,16-,17-/m0/s1. The second-order valence-electron chi connectivity index (χ2n) is 8.48. The van der Waals surface area contributed by atoms with Gasteiger partial charge in [-0.15, -0.1) is 0 Å². The van der Waals surface area contributed by atoms with Crippen LogP contribution in [-0.4, -0.2) is 86.6 Å². The summed E-state index contributed by atoms with van der Waals surface area (Å²) in [5.41, 5.74) is 12.1. The van der Waals surface area contributed by atoms with E-state index < -0.39 is 72.8 Å². The third-order valence-corrected chi connectivity index (χ3v) is 5.57. The molecule has 0 spiro atoms. The Morgan fingerprint density at radius 2 is 1.50 bits per heavy atom. The number of aliphatic hydroxyl groups is 1. The van der Waals surface area contributed by atoms with Crippen molar-refractivity contribution in [3.05, 3.63) is 36.0 Å². The second-order valence-corrected chi connectivity index (χ2v) is 8.48. The highest BCUT2D eigenvalue weighted by Crippen LogP contribution is 2.19. The fourth-order valence-corrected chi connectivity index (χ4v) is 3.56. The molecule has 15 nitrogen and oxygen atoms in total. The van der Waals surface area contributed by atoms with Gasteiger partial charge >= 0.3 is 11.9 Å². The minimum Gasteiger partial charge on any atom is -0.481 e. The van der Waals surface area contributed by atoms with E-state index in [2.05, 4.69) is 15.6 Å². The largest absolute Gasteiger partial charge is 0.481 e. The number of rotatable bonds is 15. The molecule has 15 heteroatoms. The van der Waals surface area contributed by atoms with Gasteiger partial charge in [0, 0.05) is 29.9 Å². The van der Waals surface area contributed by atoms with E-state index in [4.69, 9.17) is 16.6 Å². The molecule has 0 saturated carbocycles. The first kappa shape index (κ1) is 29.7. The van der Waals surface area contributed by atoms with Crippen LogP contribution in [0, 0.1) is 0 Å². The molecule has 0 saturated heterocycles. The van der Waals surface area contributed by atoms with E-state index >= 15 is 0 Å². The van der Waals surface area contributed by atoms with Crippen molar-refractivity contribution < 1.29 is 44.1 Å². The Hall–Kier alpha value is -4.50. The third-order valence-electron chi connectivity index (χ3n) is 5.57. The molecule has 1 aromatic carbocycles. The number of H-pyrrole nitrogens is 1. The number of para-hydroxylation sites is 1. The number of aromatic amines is 1. The Morgan fingerprint density at radius 1 is 0.895 bits per heavy atom. The number of carboxylic acids is 2. The van der Waals surface area contributed by atoms with Crippen molar-refractivity contribution in [1.82, 2.24) is 20.9 Å². The lowest BCUT2D eigenvalue weighted by Crippen LogP contribution is -2.58. The van der Waals surface area contributed by atoms with Crippen molar-refractivity contribution in [1.29, 1.82) is 0 Å². The van der Waals surface area contributed by atoms with E-state index in [1.807, 2.05) is 5.32 Å². The average Bonchev–Trinajstić information content (AvgIpc) is 3.27. The fourth-order valence-electron chi connectivity index (χ4n) is 3.56. The van der Waals surface area contributed by atoms with E-state index in [1.54, 1.807) is 30.5 Å². The Morgan fingerprint density at radius 3 is 2.11 bits per heavy atom. The number of carboxylic acid groups (broad SMARTS) is 2. The lowest BCUT2D eigenvalue weighted by Gasteiger charge is -2.24. The second kappa shape index (κ2) is 13.7. The van der Waals surface area contributed by atoms with Crippen molar-refractivity contribution in [2.24, 2.45) is 11.5 Å². The van der Waals surface area contributed by atoms with E-state index in [1.165, 1.54) is 0 Å². The highest BCUT2D eigenvalue weighted by Gasteiger charge is 2.31. The van der Waals surface area contributed by atoms with Crippen molar-refractivity contribution >= 4 is 46.5 Å². The fraction of sp³-hybridized carbons (Fsp3) is 0.391. The van der Waals surface area contributed by atoms with Crippen molar-refractivity contribution in [2.45, 2.75) is 49.9 Å². The van der Waals surface area contributed by atoms with Gasteiger partial charge in [-0.2, -0.15) is 0 Å². The smallest absolute Gasteiger partial charge is 0.326 e. The zero-order valence-electron chi connectivity index (χ0n) is 20.2. The summed E-state index contributed by atoms with van der Waals surface area (Å²) in [4.78, 5) is 74.5. The quantitative estimate of drug-likeness (QED) is 0.114. The van der Waals surface area contributed by atoms with Crippen LogP contribution in [-0.2, 0) is 35.2 Å². The molecular weight excluding hydrogens is 504 g/mol. The number of fused-ring (bicyclic) bond motifs is 1. The van der Waals surface area contributed by atoms with Gasteiger partial charge in [0.25, 0.3) is 0 Å². The van der Waals surface area contributed by atoms with Crippen LogP contribution in [0.25, 0.3) is 10.9 Å². The van der Waals surface area contributed by atoms with Gasteiger partial charge in [0.15, 0.2) is 0 Å². The number of nitrogens with one attached hydrogen (secondary N) is 4. The summed E-state index contributed by atoms with van der Waals surface area (Å²) in [6, 6.07) is 1.25. The predicted molar refractivity (Wildman–Crippen MR) is 131 cm³/mol. The number of aromatic nitrogens is 1. The normalized spacial score (nSPS) is 14.1. The van der Waals surface area contributed by atoms with Gasteiger partial charge in [-0.3, -0.25) is 24.0 Å². The molecule has 2 aromatic rings. The summed E-state index contributed by atoms with van der Waals surface area (Å²) in [5, 5.41) is 35.1. The number of hydrogen-bond acceptors (Lipinski definition) is 8. The van der Waals surface area contributed by atoms with E-state index in [0.29, 0.717) is 5.56 Å². The number of amides is 4. The summed E-state index contributed by atoms with van der Waals surface area (Å²) in [6.45, 7) is -0.938. The summed E-state index contributed by atoms with van der Waals surface area (Å²) in [7, 11) is 0. The molecule has 0 aliphatic carbocycles. The number of aliphatic carboxylic acids is 2. The van der Waals surface area contributed by atoms with Gasteiger partial charge in [0.1, 0.15) is 18.1 Å². The zero-order valence-corrected chi connectivity index (χ0v) is 20.2. The lowest BCUT2D eigenvalue weighted by molar-refractivity contribution is -0.144. The van der Waals surface area contributed by atoms with Gasteiger partial charge in [-0.1, -0.05) is 18.2 Å². The average molecular weight is 535 g/mol. The SMILES string of the molecule is NC(=O)C[C@H](NC(=O)[C@H](CO)NC(=O)[C@H](Cc1c[nH]c2ccccc12)NC(=O)[C@@H](N)CCC(=O)O)C(=O)O. The molecule has 0 aliphatic heterocycles. The topological polar surface area (TPSA) is 267 Å². The zero-order chi connectivity index (χ0) is 28.4. The maximum Gasteiger partial charge on any atom is 0.326 e. The summed E-state index contributed by atoms with van der Waals surface area (Å²) in [5.74, 6) is -6.55.